The molecule has 2 aromatic heterocycles. The molecule has 3 heterocycles. The molecule has 1 amide bonds. The lowest BCUT2D eigenvalue weighted by atomic mass is 9.73. The maximum atomic E-state index is 15.7. The minimum Gasteiger partial charge on any atom is -0.497 e. The first-order chi connectivity index (χ1) is 17.0. The SMILES string of the molecule is COc1ccc2ncc(Cl)c([C@H](F)CCC3(C(=O)NO)CCN(CCSc4cccs4)CC3)c2c1. The second-order valence-corrected chi connectivity index (χ2v) is 11.5. The zero-order valence-corrected chi connectivity index (χ0v) is 21.9. The van der Waals surface area contributed by atoms with Crippen LogP contribution in [0.5, 0.6) is 5.75 Å². The molecule has 10 heteroatoms. The molecule has 35 heavy (non-hydrogen) atoms. The number of alkyl halides is 1. The molecule has 6 nitrogen and oxygen atoms in total. The third-order valence-electron chi connectivity index (χ3n) is 6.80. The summed E-state index contributed by atoms with van der Waals surface area (Å²) in [6.45, 7) is 2.38. The first-order valence-corrected chi connectivity index (χ1v) is 13.8. The van der Waals surface area contributed by atoms with Gasteiger partial charge >= 0.3 is 0 Å². The second-order valence-electron chi connectivity index (χ2n) is 8.75. The smallest absolute Gasteiger partial charge is 0.249 e. The van der Waals surface area contributed by atoms with E-state index in [1.807, 2.05) is 23.3 Å². The first-order valence-electron chi connectivity index (χ1n) is 11.6. The van der Waals surface area contributed by atoms with Gasteiger partial charge in [-0.25, -0.2) is 9.87 Å². The van der Waals surface area contributed by atoms with E-state index >= 15 is 4.39 Å². The highest BCUT2D eigenvalue weighted by molar-refractivity contribution is 8.01. The van der Waals surface area contributed by atoms with E-state index in [1.54, 1.807) is 36.6 Å². The van der Waals surface area contributed by atoms with Gasteiger partial charge in [-0.2, -0.15) is 0 Å². The van der Waals surface area contributed by atoms with Crippen molar-refractivity contribution in [1.29, 1.82) is 0 Å². The molecule has 1 aliphatic rings. The summed E-state index contributed by atoms with van der Waals surface area (Å²) in [5.41, 5.74) is 2.01. The van der Waals surface area contributed by atoms with Crippen LogP contribution in [0, 0.1) is 5.41 Å². The van der Waals surface area contributed by atoms with Crippen LogP contribution in [0.25, 0.3) is 10.9 Å². The summed E-state index contributed by atoms with van der Waals surface area (Å²) in [5.74, 6) is 1.13. The van der Waals surface area contributed by atoms with E-state index in [-0.39, 0.29) is 11.4 Å². The summed E-state index contributed by atoms with van der Waals surface area (Å²) in [4.78, 5) is 19.3. The number of hydrogen-bond acceptors (Lipinski definition) is 7. The lowest BCUT2D eigenvalue weighted by molar-refractivity contribution is -0.143. The number of aromatic nitrogens is 1. The Balaban J connectivity index is 1.42. The van der Waals surface area contributed by atoms with Gasteiger partial charge < -0.3 is 9.64 Å². The van der Waals surface area contributed by atoms with E-state index in [0.717, 1.165) is 25.4 Å². The number of thiophene rings is 1. The molecule has 1 atom stereocenters. The lowest BCUT2D eigenvalue weighted by Gasteiger charge is -2.40. The molecule has 1 aromatic carbocycles. The molecule has 0 aliphatic carbocycles. The number of methoxy groups -OCH3 is 1. The van der Waals surface area contributed by atoms with Crippen molar-refractivity contribution in [2.45, 2.75) is 36.1 Å². The Labute approximate surface area is 217 Å². The summed E-state index contributed by atoms with van der Waals surface area (Å²) in [6.07, 6.45) is 1.62. The maximum absolute atomic E-state index is 15.7. The molecule has 0 unspecified atom stereocenters. The van der Waals surface area contributed by atoms with Gasteiger partial charge in [0.2, 0.25) is 5.91 Å². The van der Waals surface area contributed by atoms with E-state index in [0.29, 0.717) is 41.5 Å². The molecule has 0 saturated carbocycles. The molecule has 1 fully saturated rings. The van der Waals surface area contributed by atoms with Gasteiger partial charge in [0.25, 0.3) is 0 Å². The summed E-state index contributed by atoms with van der Waals surface area (Å²) >= 11 is 9.94. The number of rotatable bonds is 10. The number of thioether (sulfide) groups is 1. The Hall–Kier alpha value is -1.91. The number of piperidine rings is 1. The number of carbonyl (C=O) groups excluding carboxylic acids is 1. The van der Waals surface area contributed by atoms with Gasteiger partial charge in [-0.05, 0) is 68.4 Å². The number of amides is 1. The molecule has 188 valence electrons. The van der Waals surface area contributed by atoms with Crippen molar-refractivity contribution in [2.75, 3.05) is 32.5 Å². The maximum Gasteiger partial charge on any atom is 0.249 e. The van der Waals surface area contributed by atoms with Crippen molar-refractivity contribution in [3.63, 3.8) is 0 Å². The quantitative estimate of drug-likeness (QED) is 0.184. The molecular formula is C25H29ClFN3O3S2. The zero-order chi connectivity index (χ0) is 24.8. The fraction of sp³-hybridized carbons (Fsp3) is 0.440. The number of nitrogens with zero attached hydrogens (tertiary/aromatic N) is 2. The third kappa shape index (κ3) is 6.09. The van der Waals surface area contributed by atoms with Crippen molar-refractivity contribution >= 4 is 51.5 Å². The summed E-state index contributed by atoms with van der Waals surface area (Å²) in [6, 6.07) is 9.44. The number of carbonyl (C=O) groups is 1. The molecule has 0 spiro atoms. The van der Waals surface area contributed by atoms with Gasteiger partial charge in [0.05, 0.1) is 27.3 Å². The minimum atomic E-state index is -1.39. The number of halogens is 2. The van der Waals surface area contributed by atoms with E-state index in [1.165, 1.54) is 10.4 Å². The van der Waals surface area contributed by atoms with Crippen LogP contribution in [0.3, 0.4) is 0 Å². The van der Waals surface area contributed by atoms with Crippen molar-refractivity contribution in [3.05, 3.63) is 52.5 Å². The van der Waals surface area contributed by atoms with Gasteiger partial charge in [-0.1, -0.05) is 17.7 Å². The standard InChI is InChI=1S/C25H29ClFN3O3S2/c1-33-17-4-5-21-18(15-17)23(19(26)16-28-21)20(27)6-7-25(24(31)29-32)8-10-30(11-9-25)12-14-35-22-3-2-13-34-22/h2-5,13,15-16,20,32H,6-12,14H2,1H3,(H,29,31)/t20-/m1/s1. The Morgan fingerprint density at radius 3 is 2.89 bits per heavy atom. The fourth-order valence-corrected chi connectivity index (χ4v) is 6.83. The Bertz CT molecular complexity index is 1140. The predicted molar refractivity (Wildman–Crippen MR) is 139 cm³/mol. The Morgan fingerprint density at radius 1 is 1.40 bits per heavy atom. The first kappa shape index (κ1) is 26.2. The average Bonchev–Trinajstić information content (AvgIpc) is 3.40. The van der Waals surface area contributed by atoms with E-state index < -0.39 is 17.5 Å². The highest BCUT2D eigenvalue weighted by Crippen LogP contribution is 2.42. The highest BCUT2D eigenvalue weighted by Gasteiger charge is 2.41. The molecule has 2 N–H and O–H groups in total. The van der Waals surface area contributed by atoms with Gasteiger partial charge in [0, 0.05) is 29.4 Å². The number of likely N-dealkylation sites (tertiary alicyclic amines) is 1. The van der Waals surface area contributed by atoms with Gasteiger partial charge in [0.15, 0.2) is 0 Å². The van der Waals surface area contributed by atoms with Crippen LogP contribution in [-0.4, -0.2) is 53.5 Å². The van der Waals surface area contributed by atoms with Crippen LogP contribution in [0.4, 0.5) is 4.39 Å². The molecule has 3 aromatic rings. The number of hydrogen-bond donors (Lipinski definition) is 2. The van der Waals surface area contributed by atoms with Crippen LogP contribution in [-0.2, 0) is 4.79 Å². The second kappa shape index (κ2) is 11.9. The van der Waals surface area contributed by atoms with E-state index in [9.17, 15) is 10.0 Å². The van der Waals surface area contributed by atoms with Gasteiger partial charge in [-0.15, -0.1) is 23.1 Å². The average molecular weight is 538 g/mol. The van der Waals surface area contributed by atoms with Crippen molar-refractivity contribution in [1.82, 2.24) is 15.4 Å². The van der Waals surface area contributed by atoms with Crippen molar-refractivity contribution in [3.8, 4) is 5.75 Å². The molecule has 1 aliphatic heterocycles. The van der Waals surface area contributed by atoms with Crippen molar-refractivity contribution < 1.29 is 19.1 Å². The zero-order valence-electron chi connectivity index (χ0n) is 19.5. The van der Waals surface area contributed by atoms with Gasteiger partial charge in [0.1, 0.15) is 11.9 Å². The molecule has 4 rings (SSSR count). The third-order valence-corrected chi connectivity index (χ3v) is 9.21. The molecule has 0 radical (unpaired) electrons. The number of ether oxygens (including phenoxy) is 1. The molecule has 1 saturated heterocycles. The number of hydroxylamine groups is 1. The largest absolute Gasteiger partial charge is 0.497 e. The number of benzene rings is 1. The molecular weight excluding hydrogens is 509 g/mol. The van der Waals surface area contributed by atoms with Crippen LogP contribution < -0.4 is 10.2 Å². The number of fused-ring (bicyclic) bond motifs is 1. The Kier molecular flexibility index (Phi) is 8.88. The van der Waals surface area contributed by atoms with E-state index in [4.69, 9.17) is 16.3 Å². The van der Waals surface area contributed by atoms with Gasteiger partial charge in [-0.3, -0.25) is 15.0 Å². The number of pyridine rings is 1. The number of nitrogens with one attached hydrogen (secondary N) is 1. The topological polar surface area (TPSA) is 74.7 Å². The monoisotopic (exact) mass is 537 g/mol. The van der Waals surface area contributed by atoms with Crippen LogP contribution in [0.2, 0.25) is 5.02 Å². The van der Waals surface area contributed by atoms with E-state index in [2.05, 4.69) is 21.3 Å². The summed E-state index contributed by atoms with van der Waals surface area (Å²) < 4.78 is 22.3. The minimum absolute atomic E-state index is 0.109. The van der Waals surface area contributed by atoms with Crippen molar-refractivity contribution in [2.24, 2.45) is 5.41 Å². The fourth-order valence-electron chi connectivity index (χ4n) is 4.70. The predicted octanol–water partition coefficient (Wildman–Crippen LogP) is 6.13. The van der Waals surface area contributed by atoms with Crippen LogP contribution >= 0.6 is 34.7 Å². The lowest BCUT2D eigenvalue weighted by Crippen LogP contribution is -2.48. The summed E-state index contributed by atoms with van der Waals surface area (Å²) in [5, 5.41) is 12.4. The highest BCUT2D eigenvalue weighted by atomic mass is 35.5. The Morgan fingerprint density at radius 2 is 2.20 bits per heavy atom. The normalized spacial score (nSPS) is 16.8. The molecule has 0 bridgehead atoms. The van der Waals surface area contributed by atoms with Crippen LogP contribution in [0.1, 0.15) is 37.4 Å². The van der Waals surface area contributed by atoms with Crippen LogP contribution in [0.15, 0.2) is 46.1 Å². The summed E-state index contributed by atoms with van der Waals surface area (Å²) in [7, 11) is 1.55.